The highest BCUT2D eigenvalue weighted by molar-refractivity contribution is 7.86. The van der Waals surface area contributed by atoms with Gasteiger partial charge in [-0.2, -0.15) is 8.42 Å². The number of ketones is 1. The summed E-state index contributed by atoms with van der Waals surface area (Å²) >= 11 is 0. The van der Waals surface area contributed by atoms with Crippen LogP contribution in [0.1, 0.15) is 36.0 Å². The van der Waals surface area contributed by atoms with Crippen LogP contribution in [0.15, 0.2) is 30.3 Å². The predicted octanol–water partition coefficient (Wildman–Crippen LogP) is 1.75. The molecule has 0 spiro atoms. The first-order valence-electron chi connectivity index (χ1n) is 7.14. The van der Waals surface area contributed by atoms with Gasteiger partial charge in [-0.1, -0.05) is 30.3 Å². The van der Waals surface area contributed by atoms with Crippen LogP contribution in [-0.2, 0) is 14.3 Å². The van der Waals surface area contributed by atoms with Crippen molar-refractivity contribution in [1.82, 2.24) is 5.32 Å². The van der Waals surface area contributed by atoms with Crippen LogP contribution in [-0.4, -0.2) is 39.1 Å². The Bertz CT molecular complexity index is 563. The quantitative estimate of drug-likeness (QED) is 0.640. The number of rotatable bonds is 6. The first kappa shape index (κ1) is 16.1. The lowest BCUT2D eigenvalue weighted by atomic mass is 9.93. The van der Waals surface area contributed by atoms with E-state index in [-0.39, 0.29) is 17.9 Å². The van der Waals surface area contributed by atoms with Gasteiger partial charge in [0, 0.05) is 11.6 Å². The standard InChI is InChI=1S/C15H21NO4S/c1-21(18,19)20-14-9-7-13(8-10-14)16-11-15(17)12-5-3-2-4-6-12/h2-6,13-14,16H,7-11H2,1H3/t13-,14-. The number of nitrogens with one attached hydrogen (secondary N) is 1. The van der Waals surface area contributed by atoms with Crippen molar-refractivity contribution in [3.8, 4) is 0 Å². The monoisotopic (exact) mass is 311 g/mol. The van der Waals surface area contributed by atoms with E-state index >= 15 is 0 Å². The average Bonchev–Trinajstić information content (AvgIpc) is 2.45. The molecule has 21 heavy (non-hydrogen) atoms. The van der Waals surface area contributed by atoms with E-state index in [4.69, 9.17) is 4.18 Å². The fraction of sp³-hybridized carbons (Fsp3) is 0.533. The molecule has 0 heterocycles. The second kappa shape index (κ2) is 7.15. The van der Waals surface area contributed by atoms with Crippen LogP contribution in [0, 0.1) is 0 Å². The minimum atomic E-state index is -3.38. The van der Waals surface area contributed by atoms with Gasteiger partial charge in [0.25, 0.3) is 10.1 Å². The fourth-order valence-corrected chi connectivity index (χ4v) is 3.26. The Morgan fingerprint density at radius 1 is 1.19 bits per heavy atom. The van der Waals surface area contributed by atoms with Gasteiger partial charge in [0.2, 0.25) is 0 Å². The summed E-state index contributed by atoms with van der Waals surface area (Å²) in [7, 11) is -3.38. The Morgan fingerprint density at radius 3 is 2.38 bits per heavy atom. The smallest absolute Gasteiger partial charge is 0.264 e. The molecule has 1 N–H and O–H groups in total. The van der Waals surface area contributed by atoms with E-state index in [2.05, 4.69) is 5.32 Å². The van der Waals surface area contributed by atoms with Crippen molar-refractivity contribution < 1.29 is 17.4 Å². The van der Waals surface area contributed by atoms with Gasteiger partial charge >= 0.3 is 0 Å². The molecule has 5 nitrogen and oxygen atoms in total. The number of hydrogen-bond acceptors (Lipinski definition) is 5. The molecule has 0 amide bonds. The van der Waals surface area contributed by atoms with Crippen LogP contribution in [0.5, 0.6) is 0 Å². The Balaban J connectivity index is 1.73. The Kier molecular flexibility index (Phi) is 5.50. The highest BCUT2D eigenvalue weighted by Gasteiger charge is 2.24. The van der Waals surface area contributed by atoms with Crippen molar-refractivity contribution in [2.24, 2.45) is 0 Å². The summed E-state index contributed by atoms with van der Waals surface area (Å²) in [5, 5.41) is 3.25. The van der Waals surface area contributed by atoms with Gasteiger partial charge in [0.05, 0.1) is 18.9 Å². The van der Waals surface area contributed by atoms with Crippen LogP contribution < -0.4 is 5.32 Å². The second-order valence-corrected chi connectivity index (χ2v) is 7.04. The normalized spacial score (nSPS) is 22.9. The molecule has 2 rings (SSSR count). The van der Waals surface area contributed by atoms with Crippen molar-refractivity contribution in [2.45, 2.75) is 37.8 Å². The molecule has 0 saturated heterocycles. The Labute approximate surface area is 125 Å². The minimum absolute atomic E-state index is 0.0742. The molecule has 0 aromatic heterocycles. The highest BCUT2D eigenvalue weighted by atomic mass is 32.2. The van der Waals surface area contributed by atoms with Crippen molar-refractivity contribution in [3.63, 3.8) is 0 Å². The maximum absolute atomic E-state index is 12.0. The second-order valence-electron chi connectivity index (χ2n) is 5.44. The van der Waals surface area contributed by atoms with E-state index in [1.807, 2.05) is 18.2 Å². The van der Waals surface area contributed by atoms with Crippen LogP contribution in [0.4, 0.5) is 0 Å². The molecule has 116 valence electrons. The van der Waals surface area contributed by atoms with Crippen molar-refractivity contribution in [3.05, 3.63) is 35.9 Å². The molecule has 1 aromatic rings. The molecule has 0 unspecified atom stereocenters. The van der Waals surface area contributed by atoms with Gasteiger partial charge < -0.3 is 5.32 Å². The van der Waals surface area contributed by atoms with Gasteiger partial charge in [0.1, 0.15) is 0 Å². The van der Waals surface area contributed by atoms with E-state index in [9.17, 15) is 13.2 Å². The molecule has 1 saturated carbocycles. The van der Waals surface area contributed by atoms with Crippen molar-refractivity contribution in [1.29, 1.82) is 0 Å². The van der Waals surface area contributed by atoms with E-state index in [0.717, 1.165) is 19.1 Å². The van der Waals surface area contributed by atoms with Crippen LogP contribution in [0.3, 0.4) is 0 Å². The summed E-state index contributed by atoms with van der Waals surface area (Å²) in [5.41, 5.74) is 0.707. The number of hydrogen-bond donors (Lipinski definition) is 1. The van der Waals surface area contributed by atoms with Crippen LogP contribution in [0.25, 0.3) is 0 Å². The molecule has 0 aliphatic heterocycles. The van der Waals surface area contributed by atoms with E-state index < -0.39 is 10.1 Å². The maximum atomic E-state index is 12.0. The highest BCUT2D eigenvalue weighted by Crippen LogP contribution is 2.22. The molecular weight excluding hydrogens is 290 g/mol. The summed E-state index contributed by atoms with van der Waals surface area (Å²) in [5.74, 6) is 0.0742. The molecule has 1 aliphatic carbocycles. The van der Waals surface area contributed by atoms with Crippen LogP contribution >= 0.6 is 0 Å². The summed E-state index contributed by atoms with van der Waals surface area (Å²) in [6.45, 7) is 0.312. The molecule has 0 radical (unpaired) electrons. The fourth-order valence-electron chi connectivity index (χ4n) is 2.57. The summed E-state index contributed by atoms with van der Waals surface area (Å²) in [6, 6.07) is 9.44. The third-order valence-electron chi connectivity index (χ3n) is 3.63. The topological polar surface area (TPSA) is 72.5 Å². The number of carbonyl (C=O) groups is 1. The van der Waals surface area contributed by atoms with Crippen molar-refractivity contribution in [2.75, 3.05) is 12.8 Å². The Morgan fingerprint density at radius 2 is 1.81 bits per heavy atom. The molecule has 1 aliphatic rings. The molecule has 1 fully saturated rings. The van der Waals surface area contributed by atoms with E-state index in [1.54, 1.807) is 12.1 Å². The molecule has 0 bridgehead atoms. The van der Waals surface area contributed by atoms with Gasteiger partial charge in [0.15, 0.2) is 5.78 Å². The zero-order chi connectivity index (χ0) is 15.3. The molecule has 0 atom stereocenters. The predicted molar refractivity (Wildman–Crippen MR) is 80.7 cm³/mol. The average molecular weight is 311 g/mol. The minimum Gasteiger partial charge on any atom is -0.307 e. The number of Topliss-reactive ketones (excluding diaryl/α,β-unsaturated/α-hetero) is 1. The Hall–Kier alpha value is -1.24. The third-order valence-corrected chi connectivity index (χ3v) is 4.25. The lowest BCUT2D eigenvalue weighted by Gasteiger charge is -2.28. The van der Waals surface area contributed by atoms with Crippen molar-refractivity contribution >= 4 is 15.9 Å². The summed E-state index contributed by atoms with van der Waals surface area (Å²) < 4.78 is 27.1. The van der Waals surface area contributed by atoms with E-state index in [0.29, 0.717) is 24.9 Å². The maximum Gasteiger partial charge on any atom is 0.264 e. The number of carbonyl (C=O) groups excluding carboxylic acids is 1. The zero-order valence-corrected chi connectivity index (χ0v) is 12.9. The first-order valence-corrected chi connectivity index (χ1v) is 8.95. The van der Waals surface area contributed by atoms with Gasteiger partial charge in [-0.25, -0.2) is 0 Å². The SMILES string of the molecule is CS(=O)(=O)O[C@H]1CC[C@H](NCC(=O)c2ccccc2)CC1. The zero-order valence-electron chi connectivity index (χ0n) is 12.1. The van der Waals surface area contributed by atoms with E-state index in [1.165, 1.54) is 0 Å². The number of benzene rings is 1. The van der Waals surface area contributed by atoms with Gasteiger partial charge in [-0.15, -0.1) is 0 Å². The lowest BCUT2D eigenvalue weighted by molar-refractivity contribution is 0.0977. The van der Waals surface area contributed by atoms with Gasteiger partial charge in [-0.3, -0.25) is 8.98 Å². The first-order chi connectivity index (χ1) is 9.94. The van der Waals surface area contributed by atoms with Gasteiger partial charge in [-0.05, 0) is 25.7 Å². The summed E-state index contributed by atoms with van der Waals surface area (Å²) in [4.78, 5) is 12.0. The van der Waals surface area contributed by atoms with Crippen LogP contribution in [0.2, 0.25) is 0 Å². The third kappa shape index (κ3) is 5.57. The lowest BCUT2D eigenvalue weighted by Crippen LogP contribution is -2.38. The summed E-state index contributed by atoms with van der Waals surface area (Å²) in [6.07, 6.45) is 3.90. The molecule has 6 heteroatoms. The molecular formula is C15H21NO4S. The largest absolute Gasteiger partial charge is 0.307 e. The molecule has 1 aromatic carbocycles.